The molecule has 1 fully saturated rings. The Kier molecular flexibility index (Phi) is 6.05. The fourth-order valence-electron chi connectivity index (χ4n) is 4.05. The maximum absolute atomic E-state index is 5.55. The molecule has 1 N–H and O–H groups in total. The molecule has 1 unspecified atom stereocenters. The minimum atomic E-state index is 0.0914. The number of nitrogens with one attached hydrogen (secondary N) is 1. The molecular weight excluding hydrogens is 398 g/mol. The summed E-state index contributed by atoms with van der Waals surface area (Å²) >= 11 is 0. The Balaban J connectivity index is 1.54. The van der Waals surface area contributed by atoms with Gasteiger partial charge in [-0.05, 0) is 36.8 Å². The maximum Gasteiger partial charge on any atom is 0.163 e. The summed E-state index contributed by atoms with van der Waals surface area (Å²) in [5.41, 5.74) is 4.32. The fourth-order valence-corrected chi connectivity index (χ4v) is 4.05. The van der Waals surface area contributed by atoms with Crippen LogP contribution in [-0.4, -0.2) is 52.7 Å². The van der Waals surface area contributed by atoms with Crippen molar-refractivity contribution in [2.24, 2.45) is 0 Å². The smallest absolute Gasteiger partial charge is 0.163 e. The number of rotatable bonds is 6. The van der Waals surface area contributed by atoms with Gasteiger partial charge in [0, 0.05) is 43.0 Å². The highest BCUT2D eigenvalue weighted by Gasteiger charge is 2.20. The molecule has 1 aliphatic heterocycles. The van der Waals surface area contributed by atoms with E-state index in [0.29, 0.717) is 5.82 Å². The van der Waals surface area contributed by atoms with Crippen molar-refractivity contribution in [3.8, 4) is 11.4 Å². The third-order valence-corrected chi connectivity index (χ3v) is 5.86. The average Bonchev–Trinajstić information content (AvgIpc) is 2.85. The van der Waals surface area contributed by atoms with Crippen LogP contribution in [0.2, 0.25) is 0 Å². The average molecular weight is 426 g/mol. The van der Waals surface area contributed by atoms with Crippen LogP contribution in [-0.2, 0) is 4.74 Å². The monoisotopic (exact) mass is 425 g/mol. The number of morpholine rings is 1. The van der Waals surface area contributed by atoms with Crippen molar-refractivity contribution in [1.29, 1.82) is 0 Å². The van der Waals surface area contributed by atoms with Gasteiger partial charge in [-0.1, -0.05) is 42.0 Å². The van der Waals surface area contributed by atoms with Crippen LogP contribution in [0.5, 0.6) is 0 Å². The molecule has 2 aromatic heterocycles. The van der Waals surface area contributed by atoms with E-state index < -0.39 is 0 Å². The van der Waals surface area contributed by atoms with Gasteiger partial charge < -0.3 is 10.1 Å². The summed E-state index contributed by atoms with van der Waals surface area (Å²) in [4.78, 5) is 16.4. The van der Waals surface area contributed by atoms with Crippen LogP contribution in [0.15, 0.2) is 73.1 Å². The molecule has 0 amide bonds. The van der Waals surface area contributed by atoms with E-state index in [4.69, 9.17) is 14.7 Å². The van der Waals surface area contributed by atoms with Gasteiger partial charge >= 0.3 is 0 Å². The van der Waals surface area contributed by atoms with Crippen molar-refractivity contribution < 1.29 is 4.74 Å². The Bertz CT molecular complexity index is 1170. The molecule has 5 rings (SSSR count). The van der Waals surface area contributed by atoms with Crippen molar-refractivity contribution in [2.45, 2.75) is 13.0 Å². The van der Waals surface area contributed by atoms with Gasteiger partial charge in [0.15, 0.2) is 5.82 Å². The van der Waals surface area contributed by atoms with E-state index in [0.717, 1.165) is 55.1 Å². The second-order valence-corrected chi connectivity index (χ2v) is 8.18. The summed E-state index contributed by atoms with van der Waals surface area (Å²) in [6, 6.07) is 20.9. The highest BCUT2D eigenvalue weighted by molar-refractivity contribution is 5.90. The van der Waals surface area contributed by atoms with Crippen LogP contribution in [0.25, 0.3) is 22.3 Å². The first-order chi connectivity index (χ1) is 15.8. The van der Waals surface area contributed by atoms with E-state index in [1.807, 2.05) is 30.3 Å². The Morgan fingerprint density at radius 3 is 2.56 bits per heavy atom. The zero-order valence-corrected chi connectivity index (χ0v) is 18.2. The number of para-hydroxylation sites is 1. The number of hydrogen-bond donors (Lipinski definition) is 1. The summed E-state index contributed by atoms with van der Waals surface area (Å²) < 4.78 is 5.55. The first-order valence-electron chi connectivity index (χ1n) is 11.1. The predicted molar refractivity (Wildman–Crippen MR) is 128 cm³/mol. The van der Waals surface area contributed by atoms with Gasteiger partial charge in [0.1, 0.15) is 5.82 Å². The Morgan fingerprint density at radius 2 is 1.78 bits per heavy atom. The van der Waals surface area contributed by atoms with Crippen molar-refractivity contribution in [2.75, 3.05) is 38.2 Å². The van der Waals surface area contributed by atoms with Crippen LogP contribution >= 0.6 is 0 Å². The minimum absolute atomic E-state index is 0.0914. The number of ether oxygens (including phenoxy) is 1. The second kappa shape index (κ2) is 9.42. The lowest BCUT2D eigenvalue weighted by molar-refractivity contribution is 0.0361. The SMILES string of the molecule is Cc1ccc(C(CN2CCOCC2)Nc2nc(-c3cccnc3)nc3ccccc23)cc1. The number of pyridine rings is 1. The van der Waals surface area contributed by atoms with E-state index in [1.54, 1.807) is 12.4 Å². The standard InChI is InChI=1S/C26H27N5O/c1-19-8-10-20(11-9-19)24(18-31-13-15-32-16-14-31)29-26-22-6-2-3-7-23(22)28-25(30-26)21-5-4-12-27-17-21/h2-12,17,24H,13-16,18H2,1H3,(H,28,29,30). The lowest BCUT2D eigenvalue weighted by Crippen LogP contribution is -2.40. The molecule has 32 heavy (non-hydrogen) atoms. The highest BCUT2D eigenvalue weighted by atomic mass is 16.5. The second-order valence-electron chi connectivity index (χ2n) is 8.18. The van der Waals surface area contributed by atoms with Gasteiger partial charge in [-0.3, -0.25) is 9.88 Å². The summed E-state index contributed by atoms with van der Waals surface area (Å²) in [5.74, 6) is 1.52. The van der Waals surface area contributed by atoms with Crippen molar-refractivity contribution >= 4 is 16.7 Å². The minimum Gasteiger partial charge on any atom is -0.379 e. The van der Waals surface area contributed by atoms with E-state index in [2.05, 4.69) is 52.5 Å². The van der Waals surface area contributed by atoms with E-state index in [1.165, 1.54) is 11.1 Å². The fraction of sp³-hybridized carbons (Fsp3) is 0.269. The zero-order valence-electron chi connectivity index (χ0n) is 18.2. The molecule has 0 radical (unpaired) electrons. The number of nitrogens with zero attached hydrogens (tertiary/aromatic N) is 4. The Morgan fingerprint density at radius 1 is 0.969 bits per heavy atom. The molecule has 1 saturated heterocycles. The lowest BCUT2D eigenvalue weighted by Gasteiger charge is -2.31. The third kappa shape index (κ3) is 4.61. The van der Waals surface area contributed by atoms with Gasteiger partial charge in [0.05, 0.1) is 24.8 Å². The molecule has 162 valence electrons. The molecule has 0 aliphatic carbocycles. The van der Waals surface area contributed by atoms with Gasteiger partial charge in [0.25, 0.3) is 0 Å². The van der Waals surface area contributed by atoms with E-state index in [9.17, 15) is 0 Å². The predicted octanol–water partition coefficient (Wildman–Crippen LogP) is 4.49. The van der Waals surface area contributed by atoms with Crippen LogP contribution in [0, 0.1) is 6.92 Å². The Hall–Kier alpha value is -3.35. The molecule has 6 heteroatoms. The molecule has 0 saturated carbocycles. The molecule has 2 aromatic carbocycles. The number of anilines is 1. The van der Waals surface area contributed by atoms with Crippen molar-refractivity contribution in [3.05, 3.63) is 84.2 Å². The molecule has 4 aromatic rings. The molecule has 1 aliphatic rings. The molecule has 1 atom stereocenters. The van der Waals surface area contributed by atoms with Crippen molar-refractivity contribution in [1.82, 2.24) is 19.9 Å². The summed E-state index contributed by atoms with van der Waals surface area (Å²) in [6.45, 7) is 6.44. The number of aryl methyl sites for hydroxylation is 1. The van der Waals surface area contributed by atoms with Crippen LogP contribution in [0.4, 0.5) is 5.82 Å². The van der Waals surface area contributed by atoms with E-state index >= 15 is 0 Å². The molecular formula is C26H27N5O. The molecule has 6 nitrogen and oxygen atoms in total. The van der Waals surface area contributed by atoms with Gasteiger partial charge in [-0.25, -0.2) is 9.97 Å². The van der Waals surface area contributed by atoms with Crippen LogP contribution in [0.1, 0.15) is 17.2 Å². The summed E-state index contributed by atoms with van der Waals surface area (Å²) in [7, 11) is 0. The summed E-state index contributed by atoms with van der Waals surface area (Å²) in [6.07, 6.45) is 3.57. The first kappa shape index (κ1) is 20.5. The van der Waals surface area contributed by atoms with Crippen LogP contribution in [0.3, 0.4) is 0 Å². The zero-order chi connectivity index (χ0) is 21.8. The number of fused-ring (bicyclic) bond motifs is 1. The molecule has 0 spiro atoms. The first-order valence-corrected chi connectivity index (χ1v) is 11.1. The normalized spacial score (nSPS) is 15.5. The number of hydrogen-bond acceptors (Lipinski definition) is 6. The van der Waals surface area contributed by atoms with E-state index in [-0.39, 0.29) is 6.04 Å². The maximum atomic E-state index is 5.55. The largest absolute Gasteiger partial charge is 0.379 e. The molecule has 3 heterocycles. The van der Waals surface area contributed by atoms with Gasteiger partial charge in [-0.15, -0.1) is 0 Å². The number of aromatic nitrogens is 3. The van der Waals surface area contributed by atoms with Crippen LogP contribution < -0.4 is 5.32 Å². The summed E-state index contributed by atoms with van der Waals surface area (Å²) in [5, 5.41) is 4.77. The quantitative estimate of drug-likeness (QED) is 0.491. The third-order valence-electron chi connectivity index (χ3n) is 5.86. The van der Waals surface area contributed by atoms with Crippen molar-refractivity contribution in [3.63, 3.8) is 0 Å². The van der Waals surface area contributed by atoms with Gasteiger partial charge in [-0.2, -0.15) is 0 Å². The highest BCUT2D eigenvalue weighted by Crippen LogP contribution is 2.28. The molecule has 0 bridgehead atoms. The topological polar surface area (TPSA) is 63.2 Å². The Labute approximate surface area is 188 Å². The lowest BCUT2D eigenvalue weighted by atomic mass is 10.0. The van der Waals surface area contributed by atoms with Gasteiger partial charge in [0.2, 0.25) is 0 Å². The number of benzene rings is 2.